The first kappa shape index (κ1) is 10.6. The first-order valence-corrected chi connectivity index (χ1v) is 5.57. The fraction of sp³-hybridized carbons (Fsp3) is 0.500. The molecule has 1 aromatic carbocycles. The average molecular weight is 205 g/mol. The highest BCUT2D eigenvalue weighted by Crippen LogP contribution is 2.07. The van der Waals surface area contributed by atoms with Gasteiger partial charge in [0.05, 0.1) is 0 Å². The van der Waals surface area contributed by atoms with Crippen molar-refractivity contribution in [3.63, 3.8) is 0 Å². The van der Waals surface area contributed by atoms with Gasteiger partial charge in [-0.1, -0.05) is 30.3 Å². The third-order valence-corrected chi connectivity index (χ3v) is 2.97. The Morgan fingerprint density at radius 1 is 0.933 bits per heavy atom. The fourth-order valence-corrected chi connectivity index (χ4v) is 1.97. The summed E-state index contributed by atoms with van der Waals surface area (Å²) >= 11 is 0. The molecule has 1 saturated heterocycles. The SMILES string of the molecule is NCN1CCN(Cc2ccccc2)CC1. The minimum absolute atomic E-state index is 0.694. The predicted octanol–water partition coefficient (Wildman–Crippen LogP) is 0.720. The summed E-state index contributed by atoms with van der Waals surface area (Å²) in [6.45, 7) is 6.23. The zero-order chi connectivity index (χ0) is 10.5. The molecule has 3 heteroatoms. The molecule has 0 radical (unpaired) electrons. The summed E-state index contributed by atoms with van der Waals surface area (Å²) in [6, 6.07) is 10.7. The summed E-state index contributed by atoms with van der Waals surface area (Å²) in [4.78, 5) is 4.78. The number of piperazine rings is 1. The summed E-state index contributed by atoms with van der Waals surface area (Å²) in [5.41, 5.74) is 7.01. The van der Waals surface area contributed by atoms with Gasteiger partial charge in [0.15, 0.2) is 0 Å². The maximum absolute atomic E-state index is 5.61. The van der Waals surface area contributed by atoms with Crippen molar-refractivity contribution in [2.75, 3.05) is 32.8 Å². The molecule has 0 saturated carbocycles. The van der Waals surface area contributed by atoms with Crippen LogP contribution in [0.5, 0.6) is 0 Å². The standard InChI is InChI=1S/C12H19N3/c13-11-15-8-6-14(7-9-15)10-12-4-2-1-3-5-12/h1-5H,6-11,13H2. The van der Waals surface area contributed by atoms with Crippen molar-refractivity contribution in [1.82, 2.24) is 9.80 Å². The van der Waals surface area contributed by atoms with Gasteiger partial charge < -0.3 is 5.73 Å². The number of nitrogens with two attached hydrogens (primary N) is 1. The molecule has 15 heavy (non-hydrogen) atoms. The Balaban J connectivity index is 1.82. The first-order valence-electron chi connectivity index (χ1n) is 5.57. The Bertz CT molecular complexity index is 278. The second kappa shape index (κ2) is 5.26. The highest BCUT2D eigenvalue weighted by atomic mass is 15.3. The summed E-state index contributed by atoms with van der Waals surface area (Å²) in [5, 5.41) is 0. The van der Waals surface area contributed by atoms with E-state index >= 15 is 0 Å². The average Bonchev–Trinajstić information content (AvgIpc) is 2.31. The second-order valence-electron chi connectivity index (χ2n) is 4.06. The molecule has 82 valence electrons. The lowest BCUT2D eigenvalue weighted by atomic mass is 10.2. The van der Waals surface area contributed by atoms with E-state index in [1.54, 1.807) is 0 Å². The van der Waals surface area contributed by atoms with Gasteiger partial charge in [0.25, 0.3) is 0 Å². The van der Waals surface area contributed by atoms with Gasteiger partial charge in [-0.05, 0) is 5.56 Å². The molecule has 0 unspecified atom stereocenters. The summed E-state index contributed by atoms with van der Waals surface area (Å²) in [6.07, 6.45) is 0. The lowest BCUT2D eigenvalue weighted by Gasteiger charge is -2.33. The minimum Gasteiger partial charge on any atom is -0.318 e. The van der Waals surface area contributed by atoms with Crippen LogP contribution in [-0.4, -0.2) is 42.6 Å². The molecule has 2 rings (SSSR count). The molecule has 1 aromatic rings. The van der Waals surface area contributed by atoms with E-state index in [9.17, 15) is 0 Å². The van der Waals surface area contributed by atoms with Crippen LogP contribution in [0.2, 0.25) is 0 Å². The van der Waals surface area contributed by atoms with Crippen LogP contribution in [0.25, 0.3) is 0 Å². The fourth-order valence-electron chi connectivity index (χ4n) is 1.97. The van der Waals surface area contributed by atoms with Gasteiger partial charge in [-0.15, -0.1) is 0 Å². The molecule has 0 aliphatic carbocycles. The van der Waals surface area contributed by atoms with E-state index in [-0.39, 0.29) is 0 Å². The lowest BCUT2D eigenvalue weighted by Crippen LogP contribution is -2.47. The van der Waals surface area contributed by atoms with Crippen LogP contribution in [-0.2, 0) is 6.54 Å². The second-order valence-corrected chi connectivity index (χ2v) is 4.06. The van der Waals surface area contributed by atoms with Crippen LogP contribution in [0, 0.1) is 0 Å². The molecule has 0 aromatic heterocycles. The highest BCUT2D eigenvalue weighted by molar-refractivity contribution is 5.14. The van der Waals surface area contributed by atoms with Crippen LogP contribution in [0.15, 0.2) is 30.3 Å². The Labute approximate surface area is 91.5 Å². The molecular weight excluding hydrogens is 186 g/mol. The van der Waals surface area contributed by atoms with Crippen LogP contribution < -0.4 is 5.73 Å². The van der Waals surface area contributed by atoms with Gasteiger partial charge >= 0.3 is 0 Å². The van der Waals surface area contributed by atoms with E-state index in [2.05, 4.69) is 40.1 Å². The number of hydrogen-bond donors (Lipinski definition) is 1. The highest BCUT2D eigenvalue weighted by Gasteiger charge is 2.15. The third kappa shape index (κ3) is 3.02. The first-order chi connectivity index (χ1) is 7.38. The molecule has 0 spiro atoms. The van der Waals surface area contributed by atoms with E-state index in [0.29, 0.717) is 6.67 Å². The van der Waals surface area contributed by atoms with Gasteiger partial charge in [0, 0.05) is 39.4 Å². The largest absolute Gasteiger partial charge is 0.318 e. The number of nitrogens with zero attached hydrogens (tertiary/aromatic N) is 2. The smallest absolute Gasteiger partial charge is 0.0456 e. The van der Waals surface area contributed by atoms with Crippen LogP contribution >= 0.6 is 0 Å². The Morgan fingerprint density at radius 2 is 1.53 bits per heavy atom. The molecule has 1 aliphatic heterocycles. The van der Waals surface area contributed by atoms with E-state index in [1.807, 2.05) is 0 Å². The number of rotatable bonds is 3. The molecule has 0 amide bonds. The normalized spacial score (nSPS) is 19.3. The zero-order valence-electron chi connectivity index (χ0n) is 9.10. The summed E-state index contributed by atoms with van der Waals surface area (Å²) < 4.78 is 0. The van der Waals surface area contributed by atoms with E-state index in [0.717, 1.165) is 32.7 Å². The molecule has 0 atom stereocenters. The van der Waals surface area contributed by atoms with Crippen molar-refractivity contribution in [1.29, 1.82) is 0 Å². The van der Waals surface area contributed by atoms with E-state index in [4.69, 9.17) is 5.73 Å². The molecule has 0 bridgehead atoms. The topological polar surface area (TPSA) is 32.5 Å². The van der Waals surface area contributed by atoms with Crippen molar-refractivity contribution in [3.05, 3.63) is 35.9 Å². The molecule has 1 aliphatic rings. The predicted molar refractivity (Wildman–Crippen MR) is 62.3 cm³/mol. The van der Waals surface area contributed by atoms with Crippen molar-refractivity contribution >= 4 is 0 Å². The van der Waals surface area contributed by atoms with Crippen molar-refractivity contribution in [2.24, 2.45) is 5.73 Å². The van der Waals surface area contributed by atoms with Crippen molar-refractivity contribution in [2.45, 2.75) is 6.54 Å². The Kier molecular flexibility index (Phi) is 3.72. The molecule has 3 nitrogen and oxygen atoms in total. The van der Waals surface area contributed by atoms with Crippen molar-refractivity contribution in [3.8, 4) is 0 Å². The van der Waals surface area contributed by atoms with Crippen LogP contribution in [0.4, 0.5) is 0 Å². The Morgan fingerprint density at radius 3 is 2.13 bits per heavy atom. The number of benzene rings is 1. The molecular formula is C12H19N3. The van der Waals surface area contributed by atoms with Crippen LogP contribution in [0.1, 0.15) is 5.56 Å². The third-order valence-electron chi connectivity index (χ3n) is 2.97. The quantitative estimate of drug-likeness (QED) is 0.789. The lowest BCUT2D eigenvalue weighted by molar-refractivity contribution is 0.129. The maximum atomic E-state index is 5.61. The van der Waals surface area contributed by atoms with Gasteiger partial charge in [0.1, 0.15) is 0 Å². The molecule has 1 fully saturated rings. The van der Waals surface area contributed by atoms with E-state index < -0.39 is 0 Å². The van der Waals surface area contributed by atoms with Crippen molar-refractivity contribution < 1.29 is 0 Å². The zero-order valence-corrected chi connectivity index (χ0v) is 9.10. The van der Waals surface area contributed by atoms with Gasteiger partial charge in [0.2, 0.25) is 0 Å². The summed E-state index contributed by atoms with van der Waals surface area (Å²) in [7, 11) is 0. The van der Waals surface area contributed by atoms with Gasteiger partial charge in [-0.3, -0.25) is 9.80 Å². The van der Waals surface area contributed by atoms with E-state index in [1.165, 1.54) is 5.56 Å². The van der Waals surface area contributed by atoms with Gasteiger partial charge in [-0.25, -0.2) is 0 Å². The Hall–Kier alpha value is -0.900. The molecule has 1 heterocycles. The minimum atomic E-state index is 0.694. The summed E-state index contributed by atoms with van der Waals surface area (Å²) in [5.74, 6) is 0. The van der Waals surface area contributed by atoms with Crippen LogP contribution in [0.3, 0.4) is 0 Å². The molecule has 2 N–H and O–H groups in total. The monoisotopic (exact) mass is 205 g/mol. The van der Waals surface area contributed by atoms with Gasteiger partial charge in [-0.2, -0.15) is 0 Å². The maximum Gasteiger partial charge on any atom is 0.0456 e. The number of hydrogen-bond acceptors (Lipinski definition) is 3.